The summed E-state index contributed by atoms with van der Waals surface area (Å²) < 4.78 is 56.7. The van der Waals surface area contributed by atoms with Crippen molar-refractivity contribution in [2.24, 2.45) is 0 Å². The van der Waals surface area contributed by atoms with Gasteiger partial charge in [-0.15, -0.1) is 0 Å². The Labute approximate surface area is 177 Å². The molecule has 0 aromatic heterocycles. The van der Waals surface area contributed by atoms with E-state index in [2.05, 4.69) is 10.6 Å². The van der Waals surface area contributed by atoms with Crippen LogP contribution in [0.2, 0.25) is 0 Å². The van der Waals surface area contributed by atoms with Gasteiger partial charge in [0.25, 0.3) is 0 Å². The molecule has 0 radical (unpaired) electrons. The molecule has 172 valence electrons. The molecule has 0 aliphatic heterocycles. The van der Waals surface area contributed by atoms with Crippen molar-refractivity contribution in [3.05, 3.63) is 53.1 Å². The van der Waals surface area contributed by atoms with Gasteiger partial charge >= 0.3 is 0 Å². The normalized spacial score (nSPS) is 15.0. The second kappa shape index (κ2) is 10.8. The maximum absolute atomic E-state index is 14.4. The smallest absolute Gasteiger partial charge is 0.184 e. The van der Waals surface area contributed by atoms with E-state index in [4.69, 9.17) is 15.3 Å². The molecule has 3 rings (SSSR count). The van der Waals surface area contributed by atoms with E-state index in [1.54, 1.807) is 13.0 Å². The molecule has 1 saturated carbocycles. The van der Waals surface area contributed by atoms with Crippen molar-refractivity contribution in [2.45, 2.75) is 37.8 Å². The Hall–Kier alpha value is -2.40. The highest BCUT2D eigenvalue weighted by Crippen LogP contribution is 2.46. The molecule has 2 aromatic rings. The summed E-state index contributed by atoms with van der Waals surface area (Å²) in [5.74, 6) is -4.50. The molecule has 1 unspecified atom stereocenters. The minimum atomic E-state index is -1.41. The van der Waals surface area contributed by atoms with Crippen LogP contribution in [0.1, 0.15) is 24.8 Å². The molecule has 10 heteroatoms. The highest BCUT2D eigenvalue weighted by Gasteiger charge is 2.45. The molecule has 0 spiro atoms. The lowest BCUT2D eigenvalue weighted by atomic mass is 10.1. The molecule has 0 saturated heterocycles. The molecule has 0 heterocycles. The zero-order chi connectivity index (χ0) is 23.2. The predicted molar refractivity (Wildman–Crippen MR) is 108 cm³/mol. The van der Waals surface area contributed by atoms with Crippen molar-refractivity contribution in [1.82, 2.24) is 0 Å². The highest BCUT2D eigenvalue weighted by atomic mass is 19.2. The van der Waals surface area contributed by atoms with Gasteiger partial charge in [-0.3, -0.25) is 0 Å². The summed E-state index contributed by atoms with van der Waals surface area (Å²) in [7, 11) is 0. The molecular formula is C21H26F4N2O4. The Balaban J connectivity index is 0.000000785. The Morgan fingerprint density at radius 1 is 0.935 bits per heavy atom. The number of hydrogen-bond acceptors (Lipinski definition) is 6. The number of nitrogens with one attached hydrogen (secondary N) is 2. The van der Waals surface area contributed by atoms with Gasteiger partial charge in [0.15, 0.2) is 17.5 Å². The SMILES string of the molecule is Cc1ccc(Nc2c(F)c(F)cc(F)c2NC2(CC(O)CO)CC2)c(F)c1.OCCO. The Morgan fingerprint density at radius 2 is 1.58 bits per heavy atom. The maximum atomic E-state index is 14.4. The number of halogens is 4. The highest BCUT2D eigenvalue weighted by molar-refractivity contribution is 5.77. The van der Waals surface area contributed by atoms with Crippen LogP contribution in [0.4, 0.5) is 34.6 Å². The molecule has 1 aliphatic carbocycles. The lowest BCUT2D eigenvalue weighted by molar-refractivity contribution is 0.0821. The number of aliphatic hydroxyl groups is 4. The first-order valence-electron chi connectivity index (χ1n) is 9.66. The van der Waals surface area contributed by atoms with Gasteiger partial charge in [0.1, 0.15) is 11.5 Å². The van der Waals surface area contributed by atoms with Crippen LogP contribution in [0, 0.1) is 30.2 Å². The lowest BCUT2D eigenvalue weighted by Gasteiger charge is -2.24. The molecule has 1 atom stereocenters. The monoisotopic (exact) mass is 446 g/mol. The topological polar surface area (TPSA) is 105 Å². The van der Waals surface area contributed by atoms with Gasteiger partial charge in [0, 0.05) is 11.6 Å². The average molecular weight is 446 g/mol. The third-order valence-electron chi connectivity index (χ3n) is 4.74. The standard InChI is InChI=1S/C19H20F4N2O2.C2H6O2/c1-10-2-3-15(12(20)6-10)24-18-16(23)13(21)7-14(22)17(18)25-19(4-5-19)8-11(27)9-26;3-1-2-4/h2-3,6-7,11,24-27H,4-5,8-9H2,1H3;3-4H,1-2H2. The summed E-state index contributed by atoms with van der Waals surface area (Å²) in [6, 6.07) is 4.54. The van der Waals surface area contributed by atoms with E-state index in [-0.39, 0.29) is 31.0 Å². The van der Waals surface area contributed by atoms with E-state index >= 15 is 0 Å². The number of aryl methyl sites for hydroxylation is 1. The molecule has 0 amide bonds. The third kappa shape index (κ3) is 6.54. The zero-order valence-electron chi connectivity index (χ0n) is 16.9. The predicted octanol–water partition coefficient (Wildman–Crippen LogP) is 2.95. The van der Waals surface area contributed by atoms with Crippen LogP contribution in [0.25, 0.3) is 0 Å². The number of rotatable bonds is 8. The van der Waals surface area contributed by atoms with Crippen LogP contribution in [-0.2, 0) is 0 Å². The fraction of sp³-hybridized carbons (Fsp3) is 0.429. The first-order valence-corrected chi connectivity index (χ1v) is 9.66. The van der Waals surface area contributed by atoms with Crippen LogP contribution in [0.15, 0.2) is 24.3 Å². The first kappa shape index (κ1) is 24.9. The molecule has 31 heavy (non-hydrogen) atoms. The Morgan fingerprint density at radius 3 is 2.10 bits per heavy atom. The fourth-order valence-electron chi connectivity index (χ4n) is 3.00. The lowest BCUT2D eigenvalue weighted by Crippen LogP contribution is -2.30. The summed E-state index contributed by atoms with van der Waals surface area (Å²) in [6.45, 7) is 0.953. The summed E-state index contributed by atoms with van der Waals surface area (Å²) in [6.07, 6.45) is 0.196. The van der Waals surface area contributed by atoms with E-state index in [9.17, 15) is 22.7 Å². The molecule has 6 N–H and O–H groups in total. The van der Waals surface area contributed by atoms with Crippen molar-refractivity contribution in [1.29, 1.82) is 0 Å². The molecule has 1 aliphatic rings. The second-order valence-corrected chi connectivity index (χ2v) is 7.41. The van der Waals surface area contributed by atoms with Crippen molar-refractivity contribution in [3.8, 4) is 0 Å². The molecular weight excluding hydrogens is 420 g/mol. The molecule has 1 fully saturated rings. The molecule has 6 nitrogen and oxygen atoms in total. The molecule has 0 bridgehead atoms. The van der Waals surface area contributed by atoms with Crippen molar-refractivity contribution < 1.29 is 38.0 Å². The van der Waals surface area contributed by atoms with E-state index < -0.39 is 47.2 Å². The summed E-state index contributed by atoms with van der Waals surface area (Å²) in [5, 5.41) is 39.2. The van der Waals surface area contributed by atoms with Gasteiger partial charge in [0.2, 0.25) is 0 Å². The van der Waals surface area contributed by atoms with E-state index in [0.29, 0.717) is 24.5 Å². The van der Waals surface area contributed by atoms with Crippen molar-refractivity contribution in [2.75, 3.05) is 30.5 Å². The maximum Gasteiger partial charge on any atom is 0.184 e. The fourth-order valence-corrected chi connectivity index (χ4v) is 3.00. The molecule has 2 aromatic carbocycles. The Bertz CT molecular complexity index is 892. The summed E-state index contributed by atoms with van der Waals surface area (Å²) in [5.41, 5.74) is -1.14. The van der Waals surface area contributed by atoms with Gasteiger partial charge in [-0.25, -0.2) is 17.6 Å². The van der Waals surface area contributed by atoms with Crippen LogP contribution >= 0.6 is 0 Å². The van der Waals surface area contributed by atoms with Gasteiger partial charge in [-0.05, 0) is 43.9 Å². The summed E-state index contributed by atoms with van der Waals surface area (Å²) in [4.78, 5) is 0. The third-order valence-corrected chi connectivity index (χ3v) is 4.74. The summed E-state index contributed by atoms with van der Waals surface area (Å²) >= 11 is 0. The Kier molecular flexibility index (Phi) is 8.63. The minimum Gasteiger partial charge on any atom is -0.394 e. The van der Waals surface area contributed by atoms with E-state index in [1.807, 2.05) is 0 Å². The number of hydrogen-bond donors (Lipinski definition) is 6. The van der Waals surface area contributed by atoms with Crippen LogP contribution in [-0.4, -0.2) is 51.9 Å². The first-order chi connectivity index (χ1) is 14.7. The number of aliphatic hydroxyl groups excluding tert-OH is 4. The van der Waals surface area contributed by atoms with E-state index in [1.165, 1.54) is 12.1 Å². The van der Waals surface area contributed by atoms with Crippen molar-refractivity contribution >= 4 is 17.1 Å². The number of benzene rings is 2. The van der Waals surface area contributed by atoms with E-state index in [0.717, 1.165) is 0 Å². The average Bonchev–Trinajstić information content (AvgIpc) is 3.49. The second-order valence-electron chi connectivity index (χ2n) is 7.41. The van der Waals surface area contributed by atoms with Crippen LogP contribution < -0.4 is 10.6 Å². The quantitative estimate of drug-likeness (QED) is 0.275. The van der Waals surface area contributed by atoms with Crippen LogP contribution in [0.3, 0.4) is 0 Å². The van der Waals surface area contributed by atoms with Crippen LogP contribution in [0.5, 0.6) is 0 Å². The largest absolute Gasteiger partial charge is 0.394 e. The minimum absolute atomic E-state index is 0.111. The van der Waals surface area contributed by atoms with Gasteiger partial charge < -0.3 is 31.1 Å². The van der Waals surface area contributed by atoms with Gasteiger partial charge in [-0.2, -0.15) is 0 Å². The number of anilines is 3. The zero-order valence-corrected chi connectivity index (χ0v) is 16.9. The van der Waals surface area contributed by atoms with Gasteiger partial charge in [0.05, 0.1) is 37.3 Å². The van der Waals surface area contributed by atoms with Crippen molar-refractivity contribution in [3.63, 3.8) is 0 Å². The van der Waals surface area contributed by atoms with Gasteiger partial charge in [-0.1, -0.05) is 6.07 Å².